The smallest absolute Gasteiger partial charge is 0.227 e. The molecule has 4 nitrogen and oxygen atoms in total. The molecule has 1 N–H and O–H groups in total. The Morgan fingerprint density at radius 2 is 2.04 bits per heavy atom. The molecule has 2 atom stereocenters. The number of nitrogens with zero attached hydrogens (tertiary/aromatic N) is 2. The number of rotatable bonds is 4. The highest BCUT2D eigenvalue weighted by Gasteiger charge is 2.30. The van der Waals surface area contributed by atoms with Gasteiger partial charge in [0.05, 0.1) is 12.5 Å². The van der Waals surface area contributed by atoms with E-state index in [-0.39, 0.29) is 17.9 Å². The molecule has 1 saturated heterocycles. The van der Waals surface area contributed by atoms with Crippen LogP contribution in [0, 0.1) is 5.92 Å². The molecular formula is C19H21ClN2O2. The molecule has 126 valence electrons. The fourth-order valence-corrected chi connectivity index (χ4v) is 3.29. The van der Waals surface area contributed by atoms with Gasteiger partial charge in [0.15, 0.2) is 0 Å². The van der Waals surface area contributed by atoms with E-state index in [4.69, 9.17) is 11.6 Å². The van der Waals surface area contributed by atoms with Crippen LogP contribution in [-0.2, 0) is 17.6 Å². The molecule has 1 amide bonds. The Hall–Kier alpha value is -1.91. The third-order valence-electron chi connectivity index (χ3n) is 4.54. The first-order valence-electron chi connectivity index (χ1n) is 8.21. The van der Waals surface area contributed by atoms with Crippen LogP contribution < -0.4 is 0 Å². The summed E-state index contributed by atoms with van der Waals surface area (Å²) in [7, 11) is 0. The molecule has 24 heavy (non-hydrogen) atoms. The quantitative estimate of drug-likeness (QED) is 0.927. The van der Waals surface area contributed by atoms with Crippen LogP contribution >= 0.6 is 11.6 Å². The molecule has 2 heterocycles. The van der Waals surface area contributed by atoms with Crippen LogP contribution in [0.2, 0.25) is 5.02 Å². The zero-order valence-corrected chi connectivity index (χ0v) is 14.2. The molecule has 1 aromatic carbocycles. The number of hydrogen-bond donors (Lipinski definition) is 1. The molecule has 1 fully saturated rings. The first-order chi connectivity index (χ1) is 11.6. The maximum absolute atomic E-state index is 12.5. The number of aromatic nitrogens is 1. The Balaban J connectivity index is 1.62. The van der Waals surface area contributed by atoms with E-state index in [0.717, 1.165) is 17.5 Å². The van der Waals surface area contributed by atoms with Crippen molar-refractivity contribution < 1.29 is 9.90 Å². The first-order valence-corrected chi connectivity index (χ1v) is 8.59. The second kappa shape index (κ2) is 7.77. The molecular weight excluding hydrogens is 324 g/mol. The number of carbonyl (C=O) groups is 1. The second-order valence-corrected chi connectivity index (χ2v) is 6.76. The van der Waals surface area contributed by atoms with Crippen molar-refractivity contribution >= 4 is 17.5 Å². The van der Waals surface area contributed by atoms with E-state index >= 15 is 0 Å². The molecule has 0 saturated carbocycles. The molecule has 5 heteroatoms. The summed E-state index contributed by atoms with van der Waals surface area (Å²) in [4.78, 5) is 18.4. The summed E-state index contributed by atoms with van der Waals surface area (Å²) in [6, 6.07) is 11.4. The number of halogens is 1. The Kier molecular flexibility index (Phi) is 5.48. The Bertz CT molecular complexity index is 676. The topological polar surface area (TPSA) is 53.4 Å². The van der Waals surface area contributed by atoms with Gasteiger partial charge in [0.2, 0.25) is 5.91 Å². The van der Waals surface area contributed by atoms with Crippen molar-refractivity contribution in [2.45, 2.75) is 25.4 Å². The highest BCUT2D eigenvalue weighted by atomic mass is 35.5. The predicted molar refractivity (Wildman–Crippen MR) is 93.8 cm³/mol. The highest BCUT2D eigenvalue weighted by Crippen LogP contribution is 2.23. The van der Waals surface area contributed by atoms with Crippen LogP contribution in [0.15, 0.2) is 48.8 Å². The summed E-state index contributed by atoms with van der Waals surface area (Å²) in [6.45, 7) is 1.19. The average Bonchev–Trinajstić information content (AvgIpc) is 2.59. The SMILES string of the molecule is O=C(Cc1cccnc1)N1CC[C@H](O)[C@H](Cc2ccc(Cl)cc2)C1. The lowest BCUT2D eigenvalue weighted by Gasteiger charge is -2.36. The van der Waals surface area contributed by atoms with E-state index in [1.54, 1.807) is 12.4 Å². The number of aliphatic hydroxyl groups is 1. The number of carbonyl (C=O) groups excluding carboxylic acids is 1. The minimum atomic E-state index is -0.372. The van der Waals surface area contributed by atoms with Crippen molar-refractivity contribution in [2.75, 3.05) is 13.1 Å². The fraction of sp³-hybridized carbons (Fsp3) is 0.368. The third-order valence-corrected chi connectivity index (χ3v) is 4.79. The number of hydrogen-bond acceptors (Lipinski definition) is 3. The number of benzene rings is 1. The van der Waals surface area contributed by atoms with Crippen LogP contribution in [0.4, 0.5) is 0 Å². The largest absolute Gasteiger partial charge is 0.393 e. The summed E-state index contributed by atoms with van der Waals surface area (Å²) >= 11 is 5.92. The van der Waals surface area contributed by atoms with Crippen molar-refractivity contribution in [3.05, 3.63) is 64.9 Å². The maximum atomic E-state index is 12.5. The second-order valence-electron chi connectivity index (χ2n) is 6.32. The normalized spacial score (nSPS) is 20.8. The van der Waals surface area contributed by atoms with Crippen molar-refractivity contribution in [2.24, 2.45) is 5.92 Å². The number of amides is 1. The van der Waals surface area contributed by atoms with Crippen molar-refractivity contribution in [1.29, 1.82) is 0 Å². The Morgan fingerprint density at radius 1 is 1.25 bits per heavy atom. The van der Waals surface area contributed by atoms with Gasteiger partial charge < -0.3 is 10.0 Å². The van der Waals surface area contributed by atoms with Crippen molar-refractivity contribution in [3.8, 4) is 0 Å². The van der Waals surface area contributed by atoms with E-state index in [9.17, 15) is 9.90 Å². The average molecular weight is 345 g/mol. The van der Waals surface area contributed by atoms with E-state index < -0.39 is 0 Å². The van der Waals surface area contributed by atoms with Crippen molar-refractivity contribution in [1.82, 2.24) is 9.88 Å². The molecule has 1 aliphatic rings. The summed E-state index contributed by atoms with van der Waals surface area (Å²) in [6.07, 6.45) is 4.78. The van der Waals surface area contributed by atoms with E-state index in [1.807, 2.05) is 41.3 Å². The lowest BCUT2D eigenvalue weighted by molar-refractivity contribution is -0.134. The lowest BCUT2D eigenvalue weighted by atomic mass is 9.88. The standard InChI is InChI=1S/C19H21ClN2O2/c20-17-5-3-14(4-6-17)10-16-13-22(9-7-18(16)23)19(24)11-15-2-1-8-21-12-15/h1-6,8,12,16,18,23H,7,9-11,13H2/t16-,18+/m1/s1. The molecule has 3 rings (SSSR count). The van der Waals surface area contributed by atoms with Crippen LogP contribution in [0.5, 0.6) is 0 Å². The summed E-state index contributed by atoms with van der Waals surface area (Å²) in [5.41, 5.74) is 2.05. The minimum Gasteiger partial charge on any atom is -0.393 e. The number of aliphatic hydroxyl groups excluding tert-OH is 1. The van der Waals surface area contributed by atoms with Crippen LogP contribution in [0.1, 0.15) is 17.5 Å². The van der Waals surface area contributed by atoms with Gasteiger partial charge in [0.25, 0.3) is 0 Å². The number of pyridine rings is 1. The third kappa shape index (κ3) is 4.34. The van der Waals surface area contributed by atoms with Gasteiger partial charge in [-0.15, -0.1) is 0 Å². The first kappa shape index (κ1) is 16.9. The predicted octanol–water partition coefficient (Wildman–Crippen LogP) is 2.73. The summed E-state index contributed by atoms with van der Waals surface area (Å²) in [5, 5.41) is 11.0. The number of likely N-dealkylation sites (tertiary alicyclic amines) is 1. The van der Waals surface area contributed by atoms with Gasteiger partial charge >= 0.3 is 0 Å². The van der Waals surface area contributed by atoms with E-state index in [1.165, 1.54) is 0 Å². The number of piperidine rings is 1. The fourth-order valence-electron chi connectivity index (χ4n) is 3.16. The molecule has 0 bridgehead atoms. The van der Waals surface area contributed by atoms with Crippen molar-refractivity contribution in [3.63, 3.8) is 0 Å². The van der Waals surface area contributed by atoms with Gasteiger partial charge in [-0.3, -0.25) is 9.78 Å². The maximum Gasteiger partial charge on any atom is 0.227 e. The van der Waals surface area contributed by atoms with Gasteiger partial charge in [-0.2, -0.15) is 0 Å². The Labute approximate surface area is 147 Å². The molecule has 0 radical (unpaired) electrons. The van der Waals surface area contributed by atoms with E-state index in [0.29, 0.717) is 31.0 Å². The van der Waals surface area contributed by atoms with Gasteiger partial charge in [-0.25, -0.2) is 0 Å². The minimum absolute atomic E-state index is 0.0535. The molecule has 1 aromatic heterocycles. The van der Waals surface area contributed by atoms with Crippen LogP contribution in [-0.4, -0.2) is 40.1 Å². The summed E-state index contributed by atoms with van der Waals surface area (Å²) in [5.74, 6) is 0.147. The zero-order valence-electron chi connectivity index (χ0n) is 13.4. The molecule has 0 spiro atoms. The van der Waals surface area contributed by atoms with Gasteiger partial charge in [-0.05, 0) is 42.2 Å². The lowest BCUT2D eigenvalue weighted by Crippen LogP contribution is -2.47. The van der Waals surface area contributed by atoms with Gasteiger partial charge in [-0.1, -0.05) is 29.8 Å². The molecule has 0 unspecified atom stereocenters. The van der Waals surface area contributed by atoms with Crippen LogP contribution in [0.3, 0.4) is 0 Å². The molecule has 2 aromatic rings. The Morgan fingerprint density at radius 3 is 2.75 bits per heavy atom. The van der Waals surface area contributed by atoms with Crippen LogP contribution in [0.25, 0.3) is 0 Å². The monoisotopic (exact) mass is 344 g/mol. The zero-order chi connectivity index (χ0) is 16.9. The molecule has 0 aliphatic carbocycles. The summed E-state index contributed by atoms with van der Waals surface area (Å²) < 4.78 is 0. The molecule has 1 aliphatic heterocycles. The van der Waals surface area contributed by atoms with E-state index in [2.05, 4.69) is 4.98 Å². The van der Waals surface area contributed by atoms with Gasteiger partial charge in [0, 0.05) is 36.4 Å². The van der Waals surface area contributed by atoms with Gasteiger partial charge in [0.1, 0.15) is 0 Å². The highest BCUT2D eigenvalue weighted by molar-refractivity contribution is 6.30.